The van der Waals surface area contributed by atoms with Gasteiger partial charge < -0.3 is 4.42 Å². The molecule has 0 saturated carbocycles. The lowest BCUT2D eigenvalue weighted by atomic mass is 10.1. The van der Waals surface area contributed by atoms with E-state index in [9.17, 15) is 19.7 Å². The maximum atomic E-state index is 12.5. The predicted octanol–water partition coefficient (Wildman–Crippen LogP) is 2.87. The van der Waals surface area contributed by atoms with Gasteiger partial charge in [0.25, 0.3) is 17.2 Å². The van der Waals surface area contributed by atoms with Crippen LogP contribution in [0.2, 0.25) is 0 Å². The van der Waals surface area contributed by atoms with Crippen LogP contribution in [0.1, 0.15) is 16.2 Å². The predicted molar refractivity (Wildman–Crippen MR) is 113 cm³/mol. The number of nitrogens with zero attached hydrogens (tertiary/aromatic N) is 4. The number of nitrogens with one attached hydrogen (secondary N) is 1. The number of non-ortho nitro benzene ring substituents is 1. The molecule has 0 atom stereocenters. The molecule has 2 heterocycles. The third kappa shape index (κ3) is 3.94. The summed E-state index contributed by atoms with van der Waals surface area (Å²) in [6, 6.07) is 16.0. The van der Waals surface area contributed by atoms with E-state index >= 15 is 0 Å². The molecule has 0 bridgehead atoms. The lowest BCUT2D eigenvalue weighted by Gasteiger charge is -2.06. The van der Waals surface area contributed by atoms with Crippen LogP contribution >= 0.6 is 0 Å². The Bertz CT molecular complexity index is 1400. The van der Waals surface area contributed by atoms with Gasteiger partial charge in [0.2, 0.25) is 0 Å². The van der Waals surface area contributed by atoms with E-state index in [4.69, 9.17) is 4.42 Å². The van der Waals surface area contributed by atoms with E-state index in [1.165, 1.54) is 25.4 Å². The van der Waals surface area contributed by atoms with Crippen molar-refractivity contribution in [1.29, 1.82) is 0 Å². The number of nitro groups is 1. The molecule has 31 heavy (non-hydrogen) atoms. The van der Waals surface area contributed by atoms with E-state index in [0.717, 1.165) is 4.68 Å². The van der Waals surface area contributed by atoms with Crippen LogP contribution < -0.4 is 11.0 Å². The lowest BCUT2D eigenvalue weighted by molar-refractivity contribution is -0.384. The molecule has 10 nitrogen and oxygen atoms in total. The summed E-state index contributed by atoms with van der Waals surface area (Å²) >= 11 is 0. The van der Waals surface area contributed by atoms with Gasteiger partial charge in [-0.15, -0.1) is 0 Å². The monoisotopic (exact) mass is 417 g/mol. The summed E-state index contributed by atoms with van der Waals surface area (Å²) in [6.07, 6.45) is 1.29. The van der Waals surface area contributed by atoms with Gasteiger partial charge in [-0.05, 0) is 18.2 Å². The Kier molecular flexibility index (Phi) is 5.10. The summed E-state index contributed by atoms with van der Waals surface area (Å²) in [6.45, 7) is 0. The van der Waals surface area contributed by atoms with Crippen LogP contribution in [0.4, 0.5) is 5.69 Å². The van der Waals surface area contributed by atoms with Crippen LogP contribution in [0.5, 0.6) is 0 Å². The molecular formula is C21H15N5O5. The molecule has 10 heteroatoms. The molecule has 154 valence electrons. The number of nitro benzene ring substituents is 1. The largest absolute Gasteiger partial charge is 0.455 e. The van der Waals surface area contributed by atoms with Crippen molar-refractivity contribution in [3.63, 3.8) is 0 Å². The standard InChI is InChI=1S/C21H15N5O5/c1-25-21(28)17-8-3-2-7-16(17)19(24-25)20(27)23-22-12-15-9-10-18(31-15)13-5-4-6-14(11-13)26(29)30/h2-12H,1H3,(H,23,27)/b22-12+. The maximum absolute atomic E-state index is 12.5. The van der Waals surface area contributed by atoms with Crippen LogP contribution in [0, 0.1) is 10.1 Å². The summed E-state index contributed by atoms with van der Waals surface area (Å²) in [5.41, 5.74) is 2.61. The minimum absolute atomic E-state index is 0.0478. The number of furan rings is 1. The molecule has 0 radical (unpaired) electrons. The van der Waals surface area contributed by atoms with Gasteiger partial charge >= 0.3 is 0 Å². The molecule has 0 unspecified atom stereocenters. The number of hydrogen-bond acceptors (Lipinski definition) is 7. The number of aromatic nitrogens is 2. The molecule has 0 spiro atoms. The molecule has 0 aliphatic rings. The maximum Gasteiger partial charge on any atom is 0.292 e. The van der Waals surface area contributed by atoms with Gasteiger partial charge in [-0.3, -0.25) is 19.7 Å². The van der Waals surface area contributed by atoms with Gasteiger partial charge in [-0.25, -0.2) is 10.1 Å². The third-order valence-corrected chi connectivity index (χ3v) is 4.50. The second-order valence-electron chi connectivity index (χ2n) is 6.53. The lowest BCUT2D eigenvalue weighted by Crippen LogP contribution is -2.27. The molecule has 2 aromatic carbocycles. The Morgan fingerprint density at radius 3 is 2.71 bits per heavy atom. The van der Waals surface area contributed by atoms with E-state index in [1.807, 2.05) is 0 Å². The summed E-state index contributed by atoms with van der Waals surface area (Å²) in [4.78, 5) is 35.2. The molecule has 0 aliphatic carbocycles. The zero-order chi connectivity index (χ0) is 22.0. The average molecular weight is 417 g/mol. The zero-order valence-electron chi connectivity index (χ0n) is 16.2. The molecule has 0 aliphatic heterocycles. The minimum atomic E-state index is -0.589. The number of rotatable bonds is 5. The highest BCUT2D eigenvalue weighted by molar-refractivity contribution is 6.04. The van der Waals surface area contributed by atoms with Crippen molar-refractivity contribution >= 4 is 28.6 Å². The van der Waals surface area contributed by atoms with E-state index in [1.54, 1.807) is 48.5 Å². The smallest absolute Gasteiger partial charge is 0.292 e. The van der Waals surface area contributed by atoms with Crippen molar-refractivity contribution in [3.8, 4) is 11.3 Å². The molecule has 1 amide bonds. The van der Waals surface area contributed by atoms with Gasteiger partial charge in [-0.2, -0.15) is 10.2 Å². The van der Waals surface area contributed by atoms with Gasteiger partial charge in [-0.1, -0.05) is 30.3 Å². The number of benzene rings is 2. The van der Waals surface area contributed by atoms with Crippen molar-refractivity contribution in [1.82, 2.24) is 15.2 Å². The van der Waals surface area contributed by atoms with Gasteiger partial charge in [0.05, 0.1) is 16.5 Å². The number of hydrogen-bond donors (Lipinski definition) is 1. The summed E-state index contributed by atoms with van der Waals surface area (Å²) in [5.74, 6) is 0.163. The highest BCUT2D eigenvalue weighted by atomic mass is 16.6. The molecule has 2 aromatic heterocycles. The SMILES string of the molecule is Cn1nc(C(=O)N/N=C/c2ccc(-c3cccc([N+](=O)[O-])c3)o2)c2ccccc2c1=O. The van der Waals surface area contributed by atoms with Gasteiger partial charge in [0.1, 0.15) is 11.5 Å². The number of hydrazone groups is 1. The van der Waals surface area contributed by atoms with Crippen LogP contribution in [0.3, 0.4) is 0 Å². The quantitative estimate of drug-likeness (QED) is 0.302. The minimum Gasteiger partial charge on any atom is -0.455 e. The summed E-state index contributed by atoms with van der Waals surface area (Å²) in [5, 5.41) is 19.6. The van der Waals surface area contributed by atoms with E-state index in [0.29, 0.717) is 27.9 Å². The summed E-state index contributed by atoms with van der Waals surface area (Å²) < 4.78 is 6.71. The van der Waals surface area contributed by atoms with Crippen molar-refractivity contribution in [3.05, 3.63) is 92.6 Å². The Morgan fingerprint density at radius 2 is 1.94 bits per heavy atom. The van der Waals surface area contributed by atoms with Crippen molar-refractivity contribution < 1.29 is 14.1 Å². The molecule has 1 N–H and O–H groups in total. The Hall–Kier alpha value is -4.60. The summed E-state index contributed by atoms with van der Waals surface area (Å²) in [7, 11) is 1.47. The number of fused-ring (bicyclic) bond motifs is 1. The van der Waals surface area contributed by atoms with Crippen LogP contribution in [0.25, 0.3) is 22.1 Å². The molecule has 0 fully saturated rings. The highest BCUT2D eigenvalue weighted by Gasteiger charge is 2.15. The van der Waals surface area contributed by atoms with Crippen molar-refractivity contribution in [2.24, 2.45) is 12.1 Å². The molecule has 0 saturated heterocycles. The number of carbonyl (C=O) groups excluding carboxylic acids is 1. The van der Waals surface area contributed by atoms with Gasteiger partial charge in [0.15, 0.2) is 5.69 Å². The fraction of sp³-hybridized carbons (Fsp3) is 0.0476. The first-order valence-electron chi connectivity index (χ1n) is 9.08. The molecular weight excluding hydrogens is 402 g/mol. The zero-order valence-corrected chi connectivity index (χ0v) is 16.2. The normalized spacial score (nSPS) is 11.1. The van der Waals surface area contributed by atoms with E-state index in [-0.39, 0.29) is 16.9 Å². The first kappa shape index (κ1) is 19.7. The first-order valence-corrected chi connectivity index (χ1v) is 9.08. The number of aryl methyl sites for hydroxylation is 1. The third-order valence-electron chi connectivity index (χ3n) is 4.50. The highest BCUT2D eigenvalue weighted by Crippen LogP contribution is 2.25. The second-order valence-corrected chi connectivity index (χ2v) is 6.53. The fourth-order valence-electron chi connectivity index (χ4n) is 3.03. The number of carbonyl (C=O) groups is 1. The van der Waals surface area contributed by atoms with Crippen LogP contribution in [0.15, 0.2) is 75.0 Å². The Balaban J connectivity index is 1.53. The van der Waals surface area contributed by atoms with Crippen molar-refractivity contribution in [2.75, 3.05) is 0 Å². The van der Waals surface area contributed by atoms with Crippen molar-refractivity contribution in [2.45, 2.75) is 0 Å². The van der Waals surface area contributed by atoms with E-state index in [2.05, 4.69) is 15.6 Å². The van der Waals surface area contributed by atoms with Crippen LogP contribution in [-0.4, -0.2) is 26.8 Å². The Morgan fingerprint density at radius 1 is 1.16 bits per heavy atom. The average Bonchev–Trinajstić information content (AvgIpc) is 3.25. The molecule has 4 aromatic rings. The molecule has 4 rings (SSSR count). The van der Waals surface area contributed by atoms with Gasteiger partial charge in [0, 0.05) is 30.1 Å². The second kappa shape index (κ2) is 8.03. The first-order chi connectivity index (χ1) is 14.9. The number of amides is 1. The van der Waals surface area contributed by atoms with E-state index < -0.39 is 10.8 Å². The topological polar surface area (TPSA) is 133 Å². The Labute approximate surface area is 174 Å². The van der Waals surface area contributed by atoms with Crippen LogP contribution in [-0.2, 0) is 7.05 Å². The fourth-order valence-corrected chi connectivity index (χ4v) is 3.03.